The number of carbonyl (C=O) groups is 2. The number of hydrogen-bond acceptors (Lipinski definition) is 5. The lowest BCUT2D eigenvalue weighted by atomic mass is 10.2. The van der Waals surface area contributed by atoms with Crippen LogP contribution in [0.5, 0.6) is 5.75 Å². The summed E-state index contributed by atoms with van der Waals surface area (Å²) >= 11 is 0. The van der Waals surface area contributed by atoms with Crippen molar-refractivity contribution >= 4 is 27.5 Å². The van der Waals surface area contributed by atoms with Crippen LogP contribution in [0.4, 0.5) is 5.69 Å². The molecule has 31 heavy (non-hydrogen) atoms. The summed E-state index contributed by atoms with van der Waals surface area (Å²) in [5.74, 6) is -0.489. The molecule has 3 rings (SSSR count). The standard InChI is InChI=1S/C22H27N3O5S/c1-24(22(27)17-9-5-3-6-10-17)16-21(26)23-18-11-12-19(30-2)20(15-18)31(28,29)25-13-7-4-8-14-25/h3,5-6,9-12,15H,4,7-8,13-14,16H2,1-2H3,(H,23,26). The molecule has 0 aromatic heterocycles. The summed E-state index contributed by atoms with van der Waals surface area (Å²) in [6.45, 7) is 0.761. The summed E-state index contributed by atoms with van der Waals surface area (Å²) in [7, 11) is -0.797. The fourth-order valence-corrected chi connectivity index (χ4v) is 5.19. The minimum atomic E-state index is -3.74. The zero-order valence-corrected chi connectivity index (χ0v) is 18.5. The number of nitrogens with zero attached hydrogens (tertiary/aromatic N) is 2. The van der Waals surface area contributed by atoms with Gasteiger partial charge in [-0.15, -0.1) is 0 Å². The molecule has 1 saturated heterocycles. The monoisotopic (exact) mass is 445 g/mol. The van der Waals surface area contributed by atoms with Gasteiger partial charge < -0.3 is 15.0 Å². The third kappa shape index (κ3) is 5.42. The number of sulfonamides is 1. The quantitative estimate of drug-likeness (QED) is 0.707. The van der Waals surface area contributed by atoms with E-state index < -0.39 is 15.9 Å². The molecule has 9 heteroatoms. The van der Waals surface area contributed by atoms with Gasteiger partial charge in [-0.05, 0) is 43.2 Å². The van der Waals surface area contributed by atoms with E-state index in [1.807, 2.05) is 6.07 Å². The molecule has 0 bridgehead atoms. The van der Waals surface area contributed by atoms with Gasteiger partial charge in [-0.25, -0.2) is 8.42 Å². The van der Waals surface area contributed by atoms with Crippen molar-refractivity contribution in [2.75, 3.05) is 39.1 Å². The van der Waals surface area contributed by atoms with Crippen molar-refractivity contribution in [1.29, 1.82) is 0 Å². The van der Waals surface area contributed by atoms with E-state index in [2.05, 4.69) is 5.32 Å². The van der Waals surface area contributed by atoms with Gasteiger partial charge in [-0.3, -0.25) is 9.59 Å². The fraction of sp³-hybridized carbons (Fsp3) is 0.364. The molecule has 0 saturated carbocycles. The molecule has 0 atom stereocenters. The summed E-state index contributed by atoms with van der Waals surface area (Å²) in [5.41, 5.74) is 0.805. The average Bonchev–Trinajstić information content (AvgIpc) is 2.79. The summed E-state index contributed by atoms with van der Waals surface area (Å²) < 4.78 is 32.9. The number of benzene rings is 2. The zero-order chi connectivity index (χ0) is 22.4. The van der Waals surface area contributed by atoms with Crippen LogP contribution in [0, 0.1) is 0 Å². The molecule has 1 N–H and O–H groups in total. The van der Waals surface area contributed by atoms with Crippen molar-refractivity contribution in [1.82, 2.24) is 9.21 Å². The number of likely N-dealkylation sites (N-methyl/N-ethyl adjacent to an activating group) is 1. The second-order valence-electron chi connectivity index (χ2n) is 7.41. The van der Waals surface area contributed by atoms with E-state index in [9.17, 15) is 18.0 Å². The van der Waals surface area contributed by atoms with Crippen molar-refractivity contribution in [3.05, 3.63) is 54.1 Å². The SMILES string of the molecule is COc1ccc(NC(=O)CN(C)C(=O)c2ccccc2)cc1S(=O)(=O)N1CCCCC1. The Balaban J connectivity index is 1.73. The van der Waals surface area contributed by atoms with E-state index in [0.717, 1.165) is 19.3 Å². The number of hydrogen-bond donors (Lipinski definition) is 1. The van der Waals surface area contributed by atoms with E-state index >= 15 is 0 Å². The highest BCUT2D eigenvalue weighted by Crippen LogP contribution is 2.31. The second-order valence-corrected chi connectivity index (χ2v) is 9.31. The Morgan fingerprint density at radius 1 is 1.06 bits per heavy atom. The molecule has 2 aromatic rings. The van der Waals surface area contributed by atoms with Crippen LogP contribution in [-0.4, -0.2) is 63.2 Å². The van der Waals surface area contributed by atoms with Gasteiger partial charge in [0.05, 0.1) is 13.7 Å². The van der Waals surface area contributed by atoms with Gasteiger partial charge >= 0.3 is 0 Å². The maximum Gasteiger partial charge on any atom is 0.254 e. The van der Waals surface area contributed by atoms with Gasteiger partial charge in [0.1, 0.15) is 10.6 Å². The molecule has 0 aliphatic carbocycles. The topological polar surface area (TPSA) is 96.0 Å². The molecule has 1 fully saturated rings. The lowest BCUT2D eigenvalue weighted by molar-refractivity contribution is -0.116. The fourth-order valence-electron chi connectivity index (χ4n) is 3.49. The third-order valence-corrected chi connectivity index (χ3v) is 7.05. The Bertz CT molecular complexity index is 1030. The Kier molecular flexibility index (Phi) is 7.29. The van der Waals surface area contributed by atoms with Gasteiger partial charge in [0.2, 0.25) is 15.9 Å². The smallest absolute Gasteiger partial charge is 0.254 e. The summed E-state index contributed by atoms with van der Waals surface area (Å²) in [6, 6.07) is 13.2. The minimum Gasteiger partial charge on any atom is -0.495 e. The minimum absolute atomic E-state index is 0.0171. The normalized spacial score (nSPS) is 14.6. The number of ether oxygens (including phenoxy) is 1. The number of methoxy groups -OCH3 is 1. The number of nitrogens with one attached hydrogen (secondary N) is 1. The van der Waals surface area contributed by atoms with Gasteiger partial charge in [-0.2, -0.15) is 4.31 Å². The largest absolute Gasteiger partial charge is 0.495 e. The first-order valence-electron chi connectivity index (χ1n) is 10.1. The molecule has 1 aliphatic heterocycles. The first-order valence-corrected chi connectivity index (χ1v) is 11.6. The number of amides is 2. The predicted octanol–water partition coefficient (Wildman–Crippen LogP) is 2.58. The van der Waals surface area contributed by atoms with Gasteiger partial charge in [-0.1, -0.05) is 24.6 Å². The van der Waals surface area contributed by atoms with Crippen LogP contribution < -0.4 is 10.1 Å². The Morgan fingerprint density at radius 3 is 2.39 bits per heavy atom. The van der Waals surface area contributed by atoms with Crippen LogP contribution in [0.25, 0.3) is 0 Å². The van der Waals surface area contributed by atoms with Crippen LogP contribution >= 0.6 is 0 Å². The van der Waals surface area contributed by atoms with Gasteiger partial charge in [0, 0.05) is 31.4 Å². The molecule has 0 unspecified atom stereocenters. The Labute approximate surface area is 182 Å². The molecular formula is C22H27N3O5S. The molecule has 1 heterocycles. The molecule has 1 aliphatic rings. The highest BCUT2D eigenvalue weighted by Gasteiger charge is 2.29. The Morgan fingerprint density at radius 2 is 1.74 bits per heavy atom. The van der Waals surface area contributed by atoms with E-state index in [1.165, 1.54) is 35.5 Å². The van der Waals surface area contributed by atoms with E-state index in [4.69, 9.17) is 4.74 Å². The maximum absolute atomic E-state index is 13.1. The number of anilines is 1. The number of rotatable bonds is 7. The highest BCUT2D eigenvalue weighted by atomic mass is 32.2. The molecule has 0 radical (unpaired) electrons. The third-order valence-electron chi connectivity index (χ3n) is 5.13. The summed E-state index contributed by atoms with van der Waals surface area (Å²) in [5, 5.41) is 2.67. The van der Waals surface area contributed by atoms with Crippen molar-refractivity contribution in [3.63, 3.8) is 0 Å². The summed E-state index contributed by atoms with van der Waals surface area (Å²) in [4.78, 5) is 26.2. The predicted molar refractivity (Wildman–Crippen MR) is 118 cm³/mol. The van der Waals surface area contributed by atoms with Crippen molar-refractivity contribution in [2.45, 2.75) is 24.2 Å². The molecule has 166 valence electrons. The van der Waals surface area contributed by atoms with Crippen LogP contribution in [0.2, 0.25) is 0 Å². The molecule has 0 spiro atoms. The van der Waals surface area contributed by atoms with Crippen molar-refractivity contribution < 1.29 is 22.7 Å². The molecule has 2 aromatic carbocycles. The van der Waals surface area contributed by atoms with Crippen LogP contribution in [-0.2, 0) is 14.8 Å². The van der Waals surface area contributed by atoms with Gasteiger partial charge in [0.25, 0.3) is 5.91 Å². The number of carbonyl (C=O) groups excluding carboxylic acids is 2. The first kappa shape index (κ1) is 22.8. The second kappa shape index (κ2) is 9.93. The highest BCUT2D eigenvalue weighted by molar-refractivity contribution is 7.89. The van der Waals surface area contributed by atoms with Crippen LogP contribution in [0.3, 0.4) is 0 Å². The number of piperidine rings is 1. The molecular weight excluding hydrogens is 418 g/mol. The van der Waals surface area contributed by atoms with E-state index in [1.54, 1.807) is 30.3 Å². The van der Waals surface area contributed by atoms with Crippen molar-refractivity contribution in [2.24, 2.45) is 0 Å². The summed E-state index contributed by atoms with van der Waals surface area (Å²) in [6.07, 6.45) is 2.65. The van der Waals surface area contributed by atoms with E-state index in [-0.39, 0.29) is 23.1 Å². The lowest BCUT2D eigenvalue weighted by Gasteiger charge is -2.26. The zero-order valence-electron chi connectivity index (χ0n) is 17.7. The lowest BCUT2D eigenvalue weighted by Crippen LogP contribution is -2.36. The average molecular weight is 446 g/mol. The maximum atomic E-state index is 13.1. The molecule has 8 nitrogen and oxygen atoms in total. The molecule has 2 amide bonds. The van der Waals surface area contributed by atoms with Gasteiger partial charge in [0.15, 0.2) is 0 Å². The first-order chi connectivity index (χ1) is 14.8. The van der Waals surface area contributed by atoms with E-state index in [0.29, 0.717) is 24.3 Å². The van der Waals surface area contributed by atoms with Crippen LogP contribution in [0.15, 0.2) is 53.4 Å². The van der Waals surface area contributed by atoms with Crippen molar-refractivity contribution in [3.8, 4) is 5.75 Å². The van der Waals surface area contributed by atoms with Crippen LogP contribution in [0.1, 0.15) is 29.6 Å². The Hall–Kier alpha value is -2.91.